The number of piperidine rings is 2. The van der Waals surface area contributed by atoms with Crippen molar-refractivity contribution in [2.24, 2.45) is 0 Å². The molecule has 9 nitrogen and oxygen atoms in total. The van der Waals surface area contributed by atoms with Gasteiger partial charge in [0.05, 0.1) is 10.5 Å². The number of hydrogen-bond acceptors (Lipinski definition) is 8. The minimum atomic E-state index is -4.68. The van der Waals surface area contributed by atoms with E-state index in [-0.39, 0.29) is 23.2 Å². The highest BCUT2D eigenvalue weighted by Gasteiger charge is 2.39. The Bertz CT molecular complexity index is 1250. The Morgan fingerprint density at radius 1 is 1.16 bits per heavy atom. The fraction of sp³-hybridized carbons (Fsp3) is 0.583. The van der Waals surface area contributed by atoms with Crippen LogP contribution in [0.5, 0.6) is 0 Å². The zero-order chi connectivity index (χ0) is 27.1. The summed E-state index contributed by atoms with van der Waals surface area (Å²) in [6.07, 6.45) is -1.69. The zero-order valence-corrected chi connectivity index (χ0v) is 21.9. The molecule has 1 aromatic heterocycles. The van der Waals surface area contributed by atoms with Crippen LogP contribution in [0.4, 0.5) is 30.6 Å². The van der Waals surface area contributed by atoms with Crippen molar-refractivity contribution < 1.29 is 26.7 Å². The molecule has 0 aliphatic carbocycles. The van der Waals surface area contributed by atoms with Crippen LogP contribution in [0.2, 0.25) is 0 Å². The molecule has 0 spiro atoms. The lowest BCUT2D eigenvalue weighted by Gasteiger charge is -2.38. The Morgan fingerprint density at radius 2 is 1.86 bits per heavy atom. The highest BCUT2D eigenvalue weighted by Crippen LogP contribution is 2.38. The van der Waals surface area contributed by atoms with Gasteiger partial charge in [0.15, 0.2) is 0 Å². The molecule has 204 valence electrons. The second kappa shape index (κ2) is 10.0. The molecule has 2 aromatic rings. The number of nitrogens with one attached hydrogen (secondary N) is 3. The second-order valence-electron chi connectivity index (χ2n) is 10.4. The Balaban J connectivity index is 1.64. The van der Waals surface area contributed by atoms with E-state index in [1.165, 1.54) is 11.0 Å². The van der Waals surface area contributed by atoms with Crippen LogP contribution in [0.25, 0.3) is 0 Å². The SMILES string of the molecule is Cc1c(Nc2ncc(C(F)(F)F)c(N3CCC[C@](C)(O)C3)n2)cccc1S(=O)(=O)NC1(C)CCNCC1. The molecule has 2 aliphatic rings. The first-order chi connectivity index (χ1) is 17.2. The molecule has 1 atom stereocenters. The minimum Gasteiger partial charge on any atom is -0.388 e. The van der Waals surface area contributed by atoms with Crippen molar-refractivity contribution in [2.45, 2.75) is 68.7 Å². The average Bonchev–Trinajstić information content (AvgIpc) is 2.78. The summed E-state index contributed by atoms with van der Waals surface area (Å²) in [5, 5.41) is 16.5. The van der Waals surface area contributed by atoms with Crippen LogP contribution in [-0.4, -0.2) is 60.8 Å². The van der Waals surface area contributed by atoms with E-state index in [0.29, 0.717) is 62.8 Å². The molecule has 0 unspecified atom stereocenters. The van der Waals surface area contributed by atoms with E-state index in [2.05, 4.69) is 25.3 Å². The number of rotatable bonds is 6. The number of alkyl halides is 3. The van der Waals surface area contributed by atoms with Crippen molar-refractivity contribution >= 4 is 27.5 Å². The largest absolute Gasteiger partial charge is 0.421 e. The van der Waals surface area contributed by atoms with Crippen molar-refractivity contribution in [3.63, 3.8) is 0 Å². The number of sulfonamides is 1. The predicted octanol–water partition coefficient (Wildman–Crippen LogP) is 3.32. The summed E-state index contributed by atoms with van der Waals surface area (Å²) in [4.78, 5) is 9.51. The fourth-order valence-corrected chi connectivity index (χ4v) is 6.63. The molecule has 3 heterocycles. The molecule has 0 amide bonds. The number of aliphatic hydroxyl groups is 1. The molecular formula is C24H33F3N6O3S. The minimum absolute atomic E-state index is 0.000747. The van der Waals surface area contributed by atoms with Gasteiger partial charge in [0.2, 0.25) is 16.0 Å². The molecule has 2 saturated heterocycles. The van der Waals surface area contributed by atoms with Gasteiger partial charge in [-0.1, -0.05) is 6.07 Å². The summed E-state index contributed by atoms with van der Waals surface area (Å²) < 4.78 is 70.6. The van der Waals surface area contributed by atoms with Crippen LogP contribution in [0, 0.1) is 6.92 Å². The molecule has 0 radical (unpaired) electrons. The first-order valence-corrected chi connectivity index (χ1v) is 13.7. The van der Waals surface area contributed by atoms with E-state index < -0.39 is 32.9 Å². The summed E-state index contributed by atoms with van der Waals surface area (Å²) in [5.41, 5.74) is -1.98. The van der Waals surface area contributed by atoms with E-state index in [4.69, 9.17) is 0 Å². The van der Waals surface area contributed by atoms with E-state index in [9.17, 15) is 26.7 Å². The molecule has 13 heteroatoms. The number of nitrogens with zero attached hydrogens (tertiary/aromatic N) is 3. The third kappa shape index (κ3) is 6.33. The van der Waals surface area contributed by atoms with Crippen LogP contribution in [0.3, 0.4) is 0 Å². The number of benzene rings is 1. The maximum absolute atomic E-state index is 13.8. The predicted molar refractivity (Wildman–Crippen MR) is 134 cm³/mol. The topological polar surface area (TPSA) is 119 Å². The van der Waals surface area contributed by atoms with Gasteiger partial charge in [-0.05, 0) is 77.2 Å². The Kier molecular flexibility index (Phi) is 7.45. The van der Waals surface area contributed by atoms with Crippen molar-refractivity contribution in [2.75, 3.05) is 36.4 Å². The monoisotopic (exact) mass is 542 g/mol. The van der Waals surface area contributed by atoms with Gasteiger partial charge in [-0.2, -0.15) is 18.2 Å². The van der Waals surface area contributed by atoms with Crippen LogP contribution in [0.1, 0.15) is 50.7 Å². The molecule has 37 heavy (non-hydrogen) atoms. The van der Waals surface area contributed by atoms with E-state index in [1.54, 1.807) is 26.0 Å². The summed E-state index contributed by atoms with van der Waals surface area (Å²) in [7, 11) is -3.87. The lowest BCUT2D eigenvalue weighted by Crippen LogP contribution is -2.52. The number of halogens is 3. The third-order valence-electron chi connectivity index (χ3n) is 6.96. The number of aromatic nitrogens is 2. The number of anilines is 3. The van der Waals surface area contributed by atoms with Gasteiger partial charge in [0.1, 0.15) is 11.4 Å². The quantitative estimate of drug-likeness (QED) is 0.439. The highest BCUT2D eigenvalue weighted by atomic mass is 32.2. The maximum atomic E-state index is 13.8. The van der Waals surface area contributed by atoms with E-state index >= 15 is 0 Å². The highest BCUT2D eigenvalue weighted by molar-refractivity contribution is 7.89. The summed E-state index contributed by atoms with van der Waals surface area (Å²) in [6, 6.07) is 4.66. The number of hydrogen-bond donors (Lipinski definition) is 4. The molecule has 2 aliphatic heterocycles. The average molecular weight is 543 g/mol. The molecular weight excluding hydrogens is 509 g/mol. The van der Waals surface area contributed by atoms with Crippen LogP contribution in [-0.2, 0) is 16.2 Å². The molecule has 4 rings (SSSR count). The van der Waals surface area contributed by atoms with Crippen LogP contribution >= 0.6 is 0 Å². The van der Waals surface area contributed by atoms with Crippen molar-refractivity contribution in [3.8, 4) is 0 Å². The van der Waals surface area contributed by atoms with Gasteiger partial charge in [-0.25, -0.2) is 18.1 Å². The van der Waals surface area contributed by atoms with Gasteiger partial charge < -0.3 is 20.6 Å². The summed E-state index contributed by atoms with van der Waals surface area (Å²) in [6.45, 7) is 6.80. The molecule has 1 aromatic carbocycles. The van der Waals surface area contributed by atoms with Gasteiger partial charge in [0.25, 0.3) is 0 Å². The molecule has 2 fully saturated rings. The lowest BCUT2D eigenvalue weighted by molar-refractivity contribution is -0.137. The normalized spacial score (nSPS) is 22.6. The fourth-order valence-electron chi connectivity index (χ4n) is 4.90. The Morgan fingerprint density at radius 3 is 2.51 bits per heavy atom. The smallest absolute Gasteiger partial charge is 0.388 e. The standard InChI is InChI=1S/C24H33F3N6O3S/c1-16-18(6-4-7-19(16)37(35,36)32-22(2)9-11-28-12-10-22)30-21-29-14-17(24(25,26)27)20(31-21)33-13-5-8-23(3,34)15-33/h4,6-7,14,28,32,34H,5,8-13,15H2,1-3H3,(H,29,30,31)/t23-/m0/s1. The number of β-amino-alcohol motifs (C(OH)–C–C–N with tert-alkyl or cyclic N) is 1. The van der Waals surface area contributed by atoms with E-state index in [1.807, 2.05) is 6.92 Å². The summed E-state index contributed by atoms with van der Waals surface area (Å²) >= 11 is 0. The first kappa shape index (κ1) is 27.6. The van der Waals surface area contributed by atoms with Crippen LogP contribution in [0.15, 0.2) is 29.3 Å². The molecule has 0 bridgehead atoms. The first-order valence-electron chi connectivity index (χ1n) is 12.2. The van der Waals surface area contributed by atoms with Gasteiger partial charge in [-0.15, -0.1) is 0 Å². The maximum Gasteiger partial charge on any atom is 0.421 e. The zero-order valence-electron chi connectivity index (χ0n) is 21.1. The summed E-state index contributed by atoms with van der Waals surface area (Å²) in [5.74, 6) is -0.434. The van der Waals surface area contributed by atoms with Crippen molar-refractivity contribution in [1.29, 1.82) is 0 Å². The van der Waals surface area contributed by atoms with Gasteiger partial charge in [-0.3, -0.25) is 0 Å². The lowest BCUT2D eigenvalue weighted by atomic mass is 9.92. The van der Waals surface area contributed by atoms with Crippen molar-refractivity contribution in [1.82, 2.24) is 20.0 Å². The van der Waals surface area contributed by atoms with Crippen LogP contribution < -0.4 is 20.3 Å². The van der Waals surface area contributed by atoms with Crippen molar-refractivity contribution in [3.05, 3.63) is 35.5 Å². The molecule has 0 saturated carbocycles. The molecule has 4 N–H and O–H groups in total. The van der Waals surface area contributed by atoms with Gasteiger partial charge in [0, 0.05) is 30.5 Å². The Hall–Kier alpha value is -2.48. The van der Waals surface area contributed by atoms with Gasteiger partial charge >= 0.3 is 6.18 Å². The second-order valence-corrected chi connectivity index (χ2v) is 12.1. The van der Waals surface area contributed by atoms with E-state index in [0.717, 1.165) is 0 Å². The Labute approximate surface area is 214 Å². The third-order valence-corrected chi connectivity index (χ3v) is 8.74.